The maximum atomic E-state index is 11.7. The fourth-order valence-electron chi connectivity index (χ4n) is 3.16. The largest absolute Gasteiger partial charge is 0.355 e. The van der Waals surface area contributed by atoms with E-state index in [2.05, 4.69) is 41.3 Å². The van der Waals surface area contributed by atoms with Gasteiger partial charge >= 0.3 is 0 Å². The standard InChI is InChI=1S/C18H24N4O2S/c1-12-5-6-16(13(2)9-12)21-17-10-18(20-14(3)19-17)22(4)15-7-8-25(23,24)11-15/h5-6,9-10,15H,7-8,11H2,1-4H3,(H,19,20,21). The Hall–Kier alpha value is -2.15. The quantitative estimate of drug-likeness (QED) is 0.904. The van der Waals surface area contributed by atoms with Gasteiger partial charge in [0.25, 0.3) is 0 Å². The molecule has 0 amide bonds. The van der Waals surface area contributed by atoms with E-state index >= 15 is 0 Å². The Morgan fingerprint density at radius 1 is 1.16 bits per heavy atom. The van der Waals surface area contributed by atoms with Crippen LogP contribution in [0.1, 0.15) is 23.4 Å². The van der Waals surface area contributed by atoms with Gasteiger partial charge < -0.3 is 10.2 Å². The highest BCUT2D eigenvalue weighted by molar-refractivity contribution is 7.91. The van der Waals surface area contributed by atoms with Crippen LogP contribution < -0.4 is 10.2 Å². The van der Waals surface area contributed by atoms with Gasteiger partial charge in [-0.1, -0.05) is 17.7 Å². The van der Waals surface area contributed by atoms with E-state index in [4.69, 9.17) is 0 Å². The van der Waals surface area contributed by atoms with Crippen molar-refractivity contribution in [3.05, 3.63) is 41.2 Å². The molecule has 7 heteroatoms. The minimum absolute atomic E-state index is 0.0340. The summed E-state index contributed by atoms with van der Waals surface area (Å²) in [5, 5.41) is 3.35. The van der Waals surface area contributed by atoms with Gasteiger partial charge in [-0.2, -0.15) is 0 Å². The van der Waals surface area contributed by atoms with E-state index in [0.717, 1.165) is 17.1 Å². The predicted molar refractivity (Wildman–Crippen MR) is 101 cm³/mol. The van der Waals surface area contributed by atoms with Crippen molar-refractivity contribution in [2.75, 3.05) is 28.8 Å². The van der Waals surface area contributed by atoms with Crippen molar-refractivity contribution >= 4 is 27.2 Å². The number of sulfone groups is 1. The highest BCUT2D eigenvalue weighted by Gasteiger charge is 2.31. The van der Waals surface area contributed by atoms with Crippen LogP contribution in [0.3, 0.4) is 0 Å². The Labute approximate surface area is 149 Å². The van der Waals surface area contributed by atoms with E-state index in [1.165, 1.54) is 5.56 Å². The summed E-state index contributed by atoms with van der Waals surface area (Å²) < 4.78 is 23.5. The Morgan fingerprint density at radius 3 is 2.56 bits per heavy atom. The summed E-state index contributed by atoms with van der Waals surface area (Å²) in [5.41, 5.74) is 3.36. The predicted octanol–water partition coefficient (Wildman–Crippen LogP) is 2.77. The molecule has 1 fully saturated rings. The van der Waals surface area contributed by atoms with Gasteiger partial charge in [0.15, 0.2) is 9.84 Å². The van der Waals surface area contributed by atoms with E-state index in [0.29, 0.717) is 18.1 Å². The molecule has 1 saturated heterocycles. The fourth-order valence-corrected chi connectivity index (χ4v) is 4.93. The number of aryl methyl sites for hydroxylation is 3. The Morgan fingerprint density at radius 2 is 1.92 bits per heavy atom. The molecule has 1 aliphatic rings. The minimum atomic E-state index is -2.93. The van der Waals surface area contributed by atoms with Gasteiger partial charge in [0.1, 0.15) is 17.5 Å². The molecule has 0 radical (unpaired) electrons. The van der Waals surface area contributed by atoms with E-state index in [1.54, 1.807) is 0 Å². The van der Waals surface area contributed by atoms with Gasteiger partial charge in [0.2, 0.25) is 0 Å². The van der Waals surface area contributed by atoms with Crippen LogP contribution in [0.25, 0.3) is 0 Å². The monoisotopic (exact) mass is 360 g/mol. The van der Waals surface area contributed by atoms with Crippen LogP contribution >= 0.6 is 0 Å². The number of hydrogen-bond donors (Lipinski definition) is 1. The van der Waals surface area contributed by atoms with Crippen LogP contribution in [0, 0.1) is 20.8 Å². The summed E-state index contributed by atoms with van der Waals surface area (Å²) in [6.07, 6.45) is 0.641. The van der Waals surface area contributed by atoms with E-state index < -0.39 is 9.84 Å². The first-order chi connectivity index (χ1) is 11.7. The maximum Gasteiger partial charge on any atom is 0.152 e. The van der Waals surface area contributed by atoms with Crippen LogP contribution in [0.15, 0.2) is 24.3 Å². The lowest BCUT2D eigenvalue weighted by atomic mass is 10.1. The summed E-state index contributed by atoms with van der Waals surface area (Å²) in [6, 6.07) is 8.05. The van der Waals surface area contributed by atoms with Crippen molar-refractivity contribution in [1.82, 2.24) is 9.97 Å². The first-order valence-corrected chi connectivity index (χ1v) is 10.2. The zero-order chi connectivity index (χ0) is 18.2. The molecule has 0 aliphatic carbocycles. The van der Waals surface area contributed by atoms with Crippen LogP contribution in [-0.2, 0) is 9.84 Å². The Kier molecular flexibility index (Phi) is 4.69. The third kappa shape index (κ3) is 4.10. The molecule has 1 aromatic carbocycles. The normalized spacial score (nSPS) is 19.0. The molecule has 3 rings (SSSR count). The third-order valence-corrected chi connectivity index (χ3v) is 6.34. The summed E-state index contributed by atoms with van der Waals surface area (Å²) >= 11 is 0. The molecule has 2 aromatic rings. The molecule has 0 bridgehead atoms. The molecular weight excluding hydrogens is 336 g/mol. The SMILES string of the molecule is Cc1ccc(Nc2cc(N(C)C3CCS(=O)(=O)C3)nc(C)n2)c(C)c1. The lowest BCUT2D eigenvalue weighted by molar-refractivity contribution is 0.600. The number of hydrogen-bond acceptors (Lipinski definition) is 6. The smallest absolute Gasteiger partial charge is 0.152 e. The molecule has 134 valence electrons. The number of aromatic nitrogens is 2. The van der Waals surface area contributed by atoms with Crippen LogP contribution in [0.2, 0.25) is 0 Å². The molecule has 0 spiro atoms. The first-order valence-electron chi connectivity index (χ1n) is 8.37. The molecule has 1 unspecified atom stereocenters. The average molecular weight is 360 g/mol. The van der Waals surface area contributed by atoms with Crippen molar-refractivity contribution in [1.29, 1.82) is 0 Å². The third-order valence-electron chi connectivity index (χ3n) is 4.59. The van der Waals surface area contributed by atoms with Crippen molar-refractivity contribution in [3.8, 4) is 0 Å². The molecule has 25 heavy (non-hydrogen) atoms. The highest BCUT2D eigenvalue weighted by Crippen LogP contribution is 2.25. The summed E-state index contributed by atoms with van der Waals surface area (Å²) in [7, 11) is -1.03. The maximum absolute atomic E-state index is 11.7. The second-order valence-corrected chi connectivity index (χ2v) is 9.00. The summed E-state index contributed by atoms with van der Waals surface area (Å²) in [4.78, 5) is 10.9. The van der Waals surface area contributed by atoms with Crippen LogP contribution in [0.5, 0.6) is 0 Å². The average Bonchev–Trinajstić information content (AvgIpc) is 2.89. The Balaban J connectivity index is 1.85. The number of nitrogens with zero attached hydrogens (tertiary/aromatic N) is 3. The van der Waals surface area contributed by atoms with Gasteiger partial charge in [-0.3, -0.25) is 0 Å². The minimum Gasteiger partial charge on any atom is -0.355 e. The topological polar surface area (TPSA) is 75.2 Å². The number of benzene rings is 1. The van der Waals surface area contributed by atoms with Gasteiger partial charge in [-0.25, -0.2) is 18.4 Å². The van der Waals surface area contributed by atoms with Crippen molar-refractivity contribution in [3.63, 3.8) is 0 Å². The second kappa shape index (κ2) is 6.63. The van der Waals surface area contributed by atoms with Gasteiger partial charge in [-0.15, -0.1) is 0 Å². The Bertz CT molecular complexity index is 896. The molecule has 1 N–H and O–H groups in total. The van der Waals surface area contributed by atoms with Gasteiger partial charge in [0, 0.05) is 24.8 Å². The molecule has 1 aromatic heterocycles. The zero-order valence-electron chi connectivity index (χ0n) is 15.1. The number of anilines is 3. The number of rotatable bonds is 4. The number of nitrogens with one attached hydrogen (secondary N) is 1. The highest BCUT2D eigenvalue weighted by atomic mass is 32.2. The van der Waals surface area contributed by atoms with Gasteiger partial charge in [0.05, 0.1) is 11.5 Å². The van der Waals surface area contributed by atoms with Crippen molar-refractivity contribution in [2.45, 2.75) is 33.2 Å². The fraction of sp³-hybridized carbons (Fsp3) is 0.444. The van der Waals surface area contributed by atoms with Crippen molar-refractivity contribution < 1.29 is 8.42 Å². The lowest BCUT2D eigenvalue weighted by Gasteiger charge is -2.25. The first kappa shape index (κ1) is 17.7. The van der Waals surface area contributed by atoms with Crippen molar-refractivity contribution in [2.24, 2.45) is 0 Å². The lowest BCUT2D eigenvalue weighted by Crippen LogP contribution is -2.33. The second-order valence-electron chi connectivity index (χ2n) is 6.77. The van der Waals surface area contributed by atoms with E-state index in [1.807, 2.05) is 31.0 Å². The molecule has 6 nitrogen and oxygen atoms in total. The summed E-state index contributed by atoms with van der Waals surface area (Å²) in [5.74, 6) is 2.54. The van der Waals surface area contributed by atoms with E-state index in [9.17, 15) is 8.42 Å². The molecule has 1 atom stereocenters. The van der Waals surface area contributed by atoms with Gasteiger partial charge in [-0.05, 0) is 38.8 Å². The molecule has 1 aliphatic heterocycles. The molecule has 0 saturated carbocycles. The summed E-state index contributed by atoms with van der Waals surface area (Å²) in [6.45, 7) is 5.96. The molecular formula is C18H24N4O2S. The molecule has 2 heterocycles. The zero-order valence-corrected chi connectivity index (χ0v) is 15.9. The van der Waals surface area contributed by atoms with E-state index in [-0.39, 0.29) is 17.5 Å². The van der Waals surface area contributed by atoms with Crippen LogP contribution in [-0.4, -0.2) is 43.0 Å². The van der Waals surface area contributed by atoms with Crippen LogP contribution in [0.4, 0.5) is 17.3 Å².